The molecule has 0 fully saturated rings. The van der Waals surface area contributed by atoms with Crippen LogP contribution in [-0.4, -0.2) is 28.8 Å². The molecule has 1 aromatic rings. The van der Waals surface area contributed by atoms with Crippen molar-refractivity contribution in [2.24, 2.45) is 0 Å². The number of ether oxygens (including phenoxy) is 2. The van der Waals surface area contributed by atoms with Gasteiger partial charge in [-0.15, -0.1) is 0 Å². The lowest BCUT2D eigenvalue weighted by atomic mass is 10.2. The summed E-state index contributed by atoms with van der Waals surface area (Å²) in [4.78, 5) is 7.80. The van der Waals surface area contributed by atoms with Gasteiger partial charge >= 0.3 is 0 Å². The first-order valence-corrected chi connectivity index (χ1v) is 4.82. The van der Waals surface area contributed by atoms with Gasteiger partial charge in [0.25, 0.3) is 5.88 Å². The van der Waals surface area contributed by atoms with Gasteiger partial charge in [-0.05, 0) is 20.8 Å². The summed E-state index contributed by atoms with van der Waals surface area (Å²) in [5.74, 6) is 0.656. The van der Waals surface area contributed by atoms with Crippen LogP contribution >= 0.6 is 0 Å². The predicted molar refractivity (Wildman–Crippen MR) is 57.6 cm³/mol. The summed E-state index contributed by atoms with van der Waals surface area (Å²) in [7, 11) is 0. The summed E-state index contributed by atoms with van der Waals surface area (Å²) in [6.45, 7) is 6.89. The number of rotatable bonds is 4. The third-order valence-electron chi connectivity index (χ3n) is 1.55. The third kappa shape index (κ3) is 4.60. The number of nitrogens with zero attached hydrogens (tertiary/aromatic N) is 2. The number of anilines is 1. The molecule has 0 bridgehead atoms. The molecule has 0 spiro atoms. The van der Waals surface area contributed by atoms with Crippen molar-refractivity contribution < 1.29 is 9.47 Å². The Morgan fingerprint density at radius 1 is 1.20 bits per heavy atom. The Balaban J connectivity index is 2.30. The quantitative estimate of drug-likeness (QED) is 0.759. The molecular formula is C10H17N3O2. The van der Waals surface area contributed by atoms with E-state index in [1.807, 2.05) is 20.8 Å². The minimum Gasteiger partial charge on any atom is -0.473 e. The Morgan fingerprint density at radius 2 is 1.87 bits per heavy atom. The second kappa shape index (κ2) is 4.93. The molecule has 0 saturated heterocycles. The number of nitrogen functional groups attached to an aromatic ring is 1. The molecule has 0 aliphatic rings. The van der Waals surface area contributed by atoms with E-state index in [0.29, 0.717) is 24.9 Å². The van der Waals surface area contributed by atoms with E-state index in [2.05, 4.69) is 9.97 Å². The molecule has 2 N–H and O–H groups in total. The zero-order chi connectivity index (χ0) is 11.3. The molecule has 1 rings (SSSR count). The second-order valence-electron chi connectivity index (χ2n) is 4.06. The van der Waals surface area contributed by atoms with Crippen LogP contribution in [0.25, 0.3) is 0 Å². The minimum atomic E-state index is -0.155. The first-order chi connectivity index (χ1) is 6.99. The molecule has 15 heavy (non-hydrogen) atoms. The Hall–Kier alpha value is -1.36. The molecule has 5 heteroatoms. The van der Waals surface area contributed by atoms with Gasteiger partial charge in [0.1, 0.15) is 6.61 Å². The van der Waals surface area contributed by atoms with Gasteiger partial charge in [0.05, 0.1) is 12.2 Å². The van der Waals surface area contributed by atoms with Gasteiger partial charge in [0.2, 0.25) is 0 Å². The Labute approximate surface area is 89.6 Å². The minimum absolute atomic E-state index is 0.155. The van der Waals surface area contributed by atoms with Gasteiger partial charge in [-0.3, -0.25) is 0 Å². The fraction of sp³-hybridized carbons (Fsp3) is 0.600. The molecule has 0 aliphatic carbocycles. The van der Waals surface area contributed by atoms with Crippen LogP contribution in [0.15, 0.2) is 12.4 Å². The van der Waals surface area contributed by atoms with E-state index in [9.17, 15) is 0 Å². The zero-order valence-corrected chi connectivity index (χ0v) is 9.36. The molecule has 1 heterocycles. The van der Waals surface area contributed by atoms with E-state index in [1.54, 1.807) is 0 Å². The zero-order valence-electron chi connectivity index (χ0n) is 9.36. The maximum absolute atomic E-state index is 5.55. The molecule has 0 unspecified atom stereocenters. The molecule has 0 aliphatic heterocycles. The van der Waals surface area contributed by atoms with Crippen LogP contribution < -0.4 is 10.5 Å². The van der Waals surface area contributed by atoms with Gasteiger partial charge < -0.3 is 15.2 Å². The van der Waals surface area contributed by atoms with E-state index in [1.165, 1.54) is 12.4 Å². The van der Waals surface area contributed by atoms with Crippen molar-refractivity contribution in [3.05, 3.63) is 12.4 Å². The lowest BCUT2D eigenvalue weighted by Crippen LogP contribution is -2.22. The summed E-state index contributed by atoms with van der Waals surface area (Å²) in [5.41, 5.74) is 5.39. The highest BCUT2D eigenvalue weighted by Gasteiger charge is 2.09. The predicted octanol–water partition coefficient (Wildman–Crippen LogP) is 1.25. The molecular weight excluding hydrogens is 194 g/mol. The third-order valence-corrected chi connectivity index (χ3v) is 1.55. The maximum atomic E-state index is 5.55. The van der Waals surface area contributed by atoms with Gasteiger partial charge in [0, 0.05) is 12.4 Å². The topological polar surface area (TPSA) is 70.3 Å². The van der Waals surface area contributed by atoms with Crippen LogP contribution in [0.4, 0.5) is 5.82 Å². The molecule has 0 aromatic carbocycles. The second-order valence-corrected chi connectivity index (χ2v) is 4.06. The van der Waals surface area contributed by atoms with Crippen molar-refractivity contribution in [1.29, 1.82) is 0 Å². The highest BCUT2D eigenvalue weighted by Crippen LogP contribution is 2.12. The van der Waals surface area contributed by atoms with Crippen LogP contribution in [0.2, 0.25) is 0 Å². The van der Waals surface area contributed by atoms with E-state index >= 15 is 0 Å². The van der Waals surface area contributed by atoms with E-state index in [4.69, 9.17) is 15.2 Å². The van der Waals surface area contributed by atoms with E-state index in [0.717, 1.165) is 0 Å². The normalized spacial score (nSPS) is 11.4. The Kier molecular flexibility index (Phi) is 3.85. The molecule has 1 aromatic heterocycles. The van der Waals surface area contributed by atoms with Crippen LogP contribution in [0, 0.1) is 0 Å². The summed E-state index contributed by atoms with van der Waals surface area (Å²) in [6, 6.07) is 0. The van der Waals surface area contributed by atoms with Gasteiger partial charge in [-0.1, -0.05) is 0 Å². The number of hydrogen-bond acceptors (Lipinski definition) is 5. The van der Waals surface area contributed by atoms with Gasteiger partial charge in [-0.2, -0.15) is 0 Å². The standard InChI is InChI=1S/C10H17N3O2/c1-10(2,3)15-7-6-14-9-8(11)12-4-5-13-9/h4-5H,6-7H2,1-3H3,(H2,11,12). The average molecular weight is 211 g/mol. The number of nitrogens with two attached hydrogens (primary N) is 1. The van der Waals surface area contributed by atoms with Gasteiger partial charge in [-0.25, -0.2) is 9.97 Å². The Bertz CT molecular complexity index is 310. The van der Waals surface area contributed by atoms with Crippen molar-refractivity contribution in [2.75, 3.05) is 18.9 Å². The van der Waals surface area contributed by atoms with Crippen molar-refractivity contribution in [3.63, 3.8) is 0 Å². The summed E-state index contributed by atoms with van der Waals surface area (Å²) < 4.78 is 10.8. The summed E-state index contributed by atoms with van der Waals surface area (Å²) in [6.07, 6.45) is 3.06. The molecule has 0 amide bonds. The number of aromatic nitrogens is 2. The number of hydrogen-bond donors (Lipinski definition) is 1. The molecule has 0 saturated carbocycles. The van der Waals surface area contributed by atoms with E-state index in [-0.39, 0.29) is 5.60 Å². The fourth-order valence-corrected chi connectivity index (χ4v) is 0.933. The van der Waals surface area contributed by atoms with Crippen LogP contribution in [-0.2, 0) is 4.74 Å². The van der Waals surface area contributed by atoms with Crippen molar-refractivity contribution >= 4 is 5.82 Å². The average Bonchev–Trinajstić information content (AvgIpc) is 2.13. The lowest BCUT2D eigenvalue weighted by molar-refractivity contribution is -0.0167. The van der Waals surface area contributed by atoms with Gasteiger partial charge in [0.15, 0.2) is 5.82 Å². The van der Waals surface area contributed by atoms with E-state index < -0.39 is 0 Å². The highest BCUT2D eigenvalue weighted by atomic mass is 16.5. The molecule has 84 valence electrons. The fourth-order valence-electron chi connectivity index (χ4n) is 0.933. The first kappa shape index (κ1) is 11.7. The molecule has 0 atom stereocenters. The van der Waals surface area contributed by atoms with Crippen molar-refractivity contribution in [1.82, 2.24) is 9.97 Å². The largest absolute Gasteiger partial charge is 0.473 e. The first-order valence-electron chi connectivity index (χ1n) is 4.82. The summed E-state index contributed by atoms with van der Waals surface area (Å²) >= 11 is 0. The monoisotopic (exact) mass is 211 g/mol. The maximum Gasteiger partial charge on any atom is 0.257 e. The van der Waals surface area contributed by atoms with Crippen LogP contribution in [0.5, 0.6) is 5.88 Å². The lowest BCUT2D eigenvalue weighted by Gasteiger charge is -2.19. The van der Waals surface area contributed by atoms with Crippen molar-refractivity contribution in [2.45, 2.75) is 26.4 Å². The highest BCUT2D eigenvalue weighted by molar-refractivity contribution is 5.38. The Morgan fingerprint density at radius 3 is 2.47 bits per heavy atom. The van der Waals surface area contributed by atoms with Crippen LogP contribution in [0.1, 0.15) is 20.8 Å². The van der Waals surface area contributed by atoms with Crippen molar-refractivity contribution in [3.8, 4) is 5.88 Å². The smallest absolute Gasteiger partial charge is 0.257 e. The SMILES string of the molecule is CC(C)(C)OCCOc1nccnc1N. The van der Waals surface area contributed by atoms with Crippen LogP contribution in [0.3, 0.4) is 0 Å². The summed E-state index contributed by atoms with van der Waals surface area (Å²) in [5, 5.41) is 0. The molecule has 5 nitrogen and oxygen atoms in total. The molecule has 0 radical (unpaired) electrons.